The van der Waals surface area contributed by atoms with Gasteiger partial charge in [-0.05, 0) is 61.9 Å². The van der Waals surface area contributed by atoms with E-state index in [2.05, 4.69) is 24.3 Å². The van der Waals surface area contributed by atoms with Gasteiger partial charge in [0.1, 0.15) is 6.10 Å². The van der Waals surface area contributed by atoms with E-state index in [1.807, 2.05) is 72.8 Å². The molecule has 3 aromatic carbocycles. The molecule has 0 radical (unpaired) electrons. The summed E-state index contributed by atoms with van der Waals surface area (Å²) in [6.45, 7) is 5.63. The van der Waals surface area contributed by atoms with Gasteiger partial charge in [-0.1, -0.05) is 98.5 Å². The summed E-state index contributed by atoms with van der Waals surface area (Å²) in [6.07, 6.45) is 11.0. The fraction of sp³-hybridized carbons (Fsp3) is 0.488. The molecule has 0 spiro atoms. The highest BCUT2D eigenvalue weighted by Gasteiger charge is 2.35. The second-order valence-electron chi connectivity index (χ2n) is 14.4. The van der Waals surface area contributed by atoms with Gasteiger partial charge in [-0.25, -0.2) is 4.79 Å². The number of hydrogen-bond acceptors (Lipinski definition) is 5. The molecule has 0 aromatic heterocycles. The largest absolute Gasteiger partial charge is 0.446 e. The van der Waals surface area contributed by atoms with Gasteiger partial charge in [-0.3, -0.25) is 14.5 Å². The van der Waals surface area contributed by atoms with Crippen molar-refractivity contribution in [3.63, 3.8) is 0 Å². The summed E-state index contributed by atoms with van der Waals surface area (Å²) in [5, 5.41) is 3.11. The molecular weight excluding hydrogens is 612 g/mol. The molecule has 1 N–H and O–H groups in total. The molecular formula is C41H55N4O4+. The van der Waals surface area contributed by atoms with Crippen LogP contribution in [-0.2, 0) is 4.74 Å². The van der Waals surface area contributed by atoms with Gasteiger partial charge in [-0.2, -0.15) is 0 Å². The molecule has 1 fully saturated rings. The molecule has 0 atom stereocenters. The van der Waals surface area contributed by atoms with Crippen molar-refractivity contribution in [2.75, 3.05) is 53.4 Å². The van der Waals surface area contributed by atoms with Crippen LogP contribution in [0.2, 0.25) is 0 Å². The number of hydrogen-bond donors (Lipinski definition) is 1. The maximum atomic E-state index is 12.9. The van der Waals surface area contributed by atoms with Gasteiger partial charge in [-0.15, -0.1) is 0 Å². The fourth-order valence-electron chi connectivity index (χ4n) is 7.17. The zero-order valence-corrected chi connectivity index (χ0v) is 29.5. The summed E-state index contributed by atoms with van der Waals surface area (Å²) in [4.78, 5) is 42.0. The van der Waals surface area contributed by atoms with Crippen molar-refractivity contribution in [1.82, 2.24) is 15.1 Å². The SMILES string of the molecule is C[N+](C)(CCCCCCCCCN1CCC(OC(=O)NC(c2ccccc2)c2ccccc2)CC1)CCCN1C(=O)c2ccccc2C1=O. The number of ether oxygens (including phenoxy) is 1. The summed E-state index contributed by atoms with van der Waals surface area (Å²) in [5.41, 5.74) is 3.14. The average molecular weight is 668 g/mol. The fourth-order valence-corrected chi connectivity index (χ4v) is 7.17. The normalized spacial score (nSPS) is 15.5. The maximum Gasteiger partial charge on any atom is 0.408 e. The van der Waals surface area contributed by atoms with Gasteiger partial charge in [0.05, 0.1) is 44.4 Å². The van der Waals surface area contributed by atoms with Gasteiger partial charge in [0.2, 0.25) is 0 Å². The summed E-state index contributed by atoms with van der Waals surface area (Å²) in [7, 11) is 4.50. The van der Waals surface area contributed by atoms with Crippen LogP contribution in [0.5, 0.6) is 0 Å². The molecule has 3 aromatic rings. The van der Waals surface area contributed by atoms with E-state index < -0.39 is 0 Å². The van der Waals surface area contributed by atoms with E-state index in [4.69, 9.17) is 4.74 Å². The van der Waals surface area contributed by atoms with Gasteiger partial charge < -0.3 is 19.4 Å². The zero-order valence-electron chi connectivity index (χ0n) is 29.5. The van der Waals surface area contributed by atoms with Crippen molar-refractivity contribution in [3.05, 3.63) is 107 Å². The van der Waals surface area contributed by atoms with Crippen molar-refractivity contribution in [1.29, 1.82) is 0 Å². The summed E-state index contributed by atoms with van der Waals surface area (Å²) >= 11 is 0. The van der Waals surface area contributed by atoms with Crippen LogP contribution in [0.4, 0.5) is 4.79 Å². The van der Waals surface area contributed by atoms with E-state index in [9.17, 15) is 14.4 Å². The van der Waals surface area contributed by atoms with Crippen LogP contribution in [0.25, 0.3) is 0 Å². The predicted octanol–water partition coefficient (Wildman–Crippen LogP) is 7.46. The molecule has 0 bridgehead atoms. The van der Waals surface area contributed by atoms with Crippen LogP contribution in [-0.4, -0.2) is 91.7 Å². The third kappa shape index (κ3) is 10.7. The Morgan fingerprint density at radius 2 is 1.18 bits per heavy atom. The molecule has 2 aliphatic rings. The molecule has 0 unspecified atom stereocenters. The predicted molar refractivity (Wildman–Crippen MR) is 194 cm³/mol. The number of benzene rings is 3. The van der Waals surface area contributed by atoms with Gasteiger partial charge >= 0.3 is 6.09 Å². The number of likely N-dealkylation sites (tertiary alicyclic amines) is 1. The quantitative estimate of drug-likeness (QED) is 0.0866. The van der Waals surface area contributed by atoms with Gasteiger partial charge in [0, 0.05) is 26.1 Å². The molecule has 262 valence electrons. The molecule has 49 heavy (non-hydrogen) atoms. The van der Waals surface area contributed by atoms with Crippen LogP contribution in [0, 0.1) is 0 Å². The Hall–Kier alpha value is -4.01. The topological polar surface area (TPSA) is 79.0 Å². The zero-order chi connectivity index (χ0) is 34.5. The van der Waals surface area contributed by atoms with Crippen molar-refractivity contribution in [2.45, 2.75) is 76.4 Å². The molecule has 0 aliphatic carbocycles. The van der Waals surface area contributed by atoms with Crippen molar-refractivity contribution >= 4 is 17.9 Å². The standard InChI is InChI=1S/C41H54N4O4/c1-45(2,32-18-28-44-39(46)36-23-14-15-24-37(36)40(44)47)31-17-7-5-3-4-6-16-27-43-29-25-35(26-30-43)49-41(48)42-38(33-19-10-8-11-20-33)34-21-12-9-13-22-34/h8-15,19-24,35,38H,3-7,16-18,25-32H2,1-2H3/p+1. The summed E-state index contributed by atoms with van der Waals surface area (Å²) in [5.74, 6) is -0.308. The lowest BCUT2D eigenvalue weighted by atomic mass is 9.99. The highest BCUT2D eigenvalue weighted by molar-refractivity contribution is 6.21. The Balaban J connectivity index is 0.873. The number of carbonyl (C=O) groups is 3. The molecule has 1 saturated heterocycles. The number of quaternary nitrogens is 1. The lowest BCUT2D eigenvalue weighted by molar-refractivity contribution is -0.890. The Morgan fingerprint density at radius 3 is 1.76 bits per heavy atom. The Bertz CT molecular complexity index is 1410. The molecule has 8 heteroatoms. The number of nitrogens with zero attached hydrogens (tertiary/aromatic N) is 3. The molecule has 8 nitrogen and oxygen atoms in total. The van der Waals surface area contributed by atoms with Crippen molar-refractivity contribution < 1.29 is 23.6 Å². The Kier molecular flexibility index (Phi) is 13.4. The van der Waals surface area contributed by atoms with E-state index in [-0.39, 0.29) is 30.1 Å². The highest BCUT2D eigenvalue weighted by Crippen LogP contribution is 2.24. The van der Waals surface area contributed by atoms with Gasteiger partial charge in [0.25, 0.3) is 11.8 Å². The minimum atomic E-state index is -0.349. The lowest BCUT2D eigenvalue weighted by Gasteiger charge is -2.32. The average Bonchev–Trinajstić information content (AvgIpc) is 3.36. The minimum Gasteiger partial charge on any atom is -0.446 e. The third-order valence-corrected chi connectivity index (χ3v) is 10.1. The second-order valence-corrected chi connectivity index (χ2v) is 14.4. The van der Waals surface area contributed by atoms with Crippen LogP contribution in [0.15, 0.2) is 84.9 Å². The smallest absolute Gasteiger partial charge is 0.408 e. The van der Waals surface area contributed by atoms with Crippen molar-refractivity contribution in [2.24, 2.45) is 0 Å². The first kappa shape index (κ1) is 36.3. The Labute approximate surface area is 293 Å². The number of nitrogens with one attached hydrogen (secondary N) is 1. The van der Waals surface area contributed by atoms with E-state index in [1.165, 1.54) is 49.8 Å². The highest BCUT2D eigenvalue weighted by atomic mass is 16.6. The van der Waals surface area contributed by atoms with Crippen LogP contribution < -0.4 is 5.32 Å². The summed E-state index contributed by atoms with van der Waals surface area (Å²) < 4.78 is 6.79. The first-order valence-corrected chi connectivity index (χ1v) is 18.4. The van der Waals surface area contributed by atoms with Gasteiger partial charge in [0.15, 0.2) is 0 Å². The van der Waals surface area contributed by atoms with E-state index >= 15 is 0 Å². The number of carbonyl (C=O) groups excluding carboxylic acids is 3. The maximum absolute atomic E-state index is 12.9. The second kappa shape index (κ2) is 18.1. The first-order chi connectivity index (χ1) is 23.8. The van der Waals surface area contributed by atoms with Crippen LogP contribution in [0.3, 0.4) is 0 Å². The number of rotatable bonds is 18. The van der Waals surface area contributed by atoms with E-state index in [0.717, 1.165) is 67.6 Å². The molecule has 3 amide bonds. The monoisotopic (exact) mass is 667 g/mol. The van der Waals surface area contributed by atoms with Crippen LogP contribution in [0.1, 0.15) is 102 Å². The van der Waals surface area contributed by atoms with E-state index in [0.29, 0.717) is 17.7 Å². The number of imide groups is 1. The number of amides is 3. The number of unbranched alkanes of at least 4 members (excludes halogenated alkanes) is 6. The minimum absolute atomic E-state index is 0.0385. The molecule has 2 aliphatic heterocycles. The number of fused-ring (bicyclic) bond motifs is 1. The first-order valence-electron chi connectivity index (χ1n) is 18.4. The lowest BCUT2D eigenvalue weighted by Crippen LogP contribution is -2.43. The molecule has 5 rings (SSSR count). The van der Waals surface area contributed by atoms with Crippen molar-refractivity contribution in [3.8, 4) is 0 Å². The third-order valence-electron chi connectivity index (χ3n) is 10.1. The molecule has 2 heterocycles. The number of piperidine rings is 1. The molecule has 0 saturated carbocycles. The Morgan fingerprint density at radius 1 is 0.694 bits per heavy atom. The van der Waals surface area contributed by atoms with E-state index in [1.54, 1.807) is 12.1 Å². The van der Waals surface area contributed by atoms with Crippen LogP contribution >= 0.6 is 0 Å². The summed E-state index contributed by atoms with van der Waals surface area (Å²) in [6, 6.07) is 27.0. The number of alkyl carbamates (subject to hydrolysis) is 1.